The number of carbonyl (C=O) groups is 1. The average Bonchev–Trinajstić information content (AvgIpc) is 3.07. The summed E-state index contributed by atoms with van der Waals surface area (Å²) in [5, 5.41) is 3.02. The Morgan fingerprint density at radius 2 is 2.04 bits per heavy atom. The molecule has 1 heterocycles. The average molecular weight is 323 g/mol. The van der Waals surface area contributed by atoms with E-state index in [0.29, 0.717) is 6.42 Å². The molecule has 0 radical (unpaired) electrons. The Balaban J connectivity index is 1.40. The van der Waals surface area contributed by atoms with Gasteiger partial charge in [-0.3, -0.25) is 9.78 Å². The van der Waals surface area contributed by atoms with Crippen LogP contribution in [0.3, 0.4) is 0 Å². The molecule has 1 N–H and O–H groups in total. The number of fused-ring (bicyclic) bond motifs is 1. The number of benzene rings is 1. The molecule has 0 atom stereocenters. The van der Waals surface area contributed by atoms with Crippen LogP contribution in [0, 0.1) is 0 Å². The zero-order valence-electron chi connectivity index (χ0n) is 14.3. The number of hydrogen-bond donors (Lipinski definition) is 1. The first-order chi connectivity index (χ1) is 11.7. The van der Waals surface area contributed by atoms with Crippen LogP contribution in [0.25, 0.3) is 0 Å². The van der Waals surface area contributed by atoms with E-state index < -0.39 is 0 Å². The molecule has 1 aromatic carbocycles. The van der Waals surface area contributed by atoms with E-state index in [0.717, 1.165) is 37.3 Å². The summed E-state index contributed by atoms with van der Waals surface area (Å²) in [7, 11) is 2.05. The predicted molar refractivity (Wildman–Crippen MR) is 97.2 cm³/mol. The molecule has 0 bridgehead atoms. The Kier molecular flexibility index (Phi) is 5.59. The lowest BCUT2D eigenvalue weighted by Gasteiger charge is -2.16. The van der Waals surface area contributed by atoms with Crippen LogP contribution in [0.1, 0.15) is 29.7 Å². The fourth-order valence-corrected chi connectivity index (χ4v) is 3.13. The molecule has 0 saturated carbocycles. The number of amides is 1. The third-order valence-corrected chi connectivity index (χ3v) is 4.58. The van der Waals surface area contributed by atoms with Crippen molar-refractivity contribution in [2.75, 3.05) is 25.5 Å². The Morgan fingerprint density at radius 3 is 2.88 bits per heavy atom. The summed E-state index contributed by atoms with van der Waals surface area (Å²) in [6.07, 6.45) is 6.77. The molecule has 1 aromatic heterocycles. The van der Waals surface area contributed by atoms with Gasteiger partial charge in [-0.05, 0) is 61.7 Å². The van der Waals surface area contributed by atoms with Crippen LogP contribution >= 0.6 is 0 Å². The van der Waals surface area contributed by atoms with Crippen LogP contribution < -0.4 is 5.32 Å². The maximum Gasteiger partial charge on any atom is 0.225 e. The van der Waals surface area contributed by atoms with Gasteiger partial charge in [-0.15, -0.1) is 0 Å². The first-order valence-electron chi connectivity index (χ1n) is 8.71. The van der Waals surface area contributed by atoms with Crippen LogP contribution in [0.4, 0.5) is 5.69 Å². The summed E-state index contributed by atoms with van der Waals surface area (Å²) in [5.41, 5.74) is 4.84. The van der Waals surface area contributed by atoms with Gasteiger partial charge in [0.25, 0.3) is 0 Å². The summed E-state index contributed by atoms with van der Waals surface area (Å²) in [6, 6.07) is 12.3. The predicted octanol–water partition coefficient (Wildman–Crippen LogP) is 3.07. The quantitative estimate of drug-likeness (QED) is 0.852. The van der Waals surface area contributed by atoms with Gasteiger partial charge in [0, 0.05) is 43.5 Å². The number of hydrogen-bond acceptors (Lipinski definition) is 3. The number of likely N-dealkylation sites (N-methyl/N-ethyl adjacent to an activating group) is 1. The summed E-state index contributed by atoms with van der Waals surface area (Å²) >= 11 is 0. The van der Waals surface area contributed by atoms with E-state index in [2.05, 4.69) is 27.3 Å². The number of carbonyl (C=O) groups excluding carboxylic acids is 1. The molecule has 0 saturated heterocycles. The van der Waals surface area contributed by atoms with Crippen molar-refractivity contribution in [2.24, 2.45) is 0 Å². The number of nitrogens with one attached hydrogen (secondary N) is 1. The number of aromatic nitrogens is 1. The molecule has 1 aliphatic rings. The van der Waals surface area contributed by atoms with Crippen molar-refractivity contribution in [3.63, 3.8) is 0 Å². The van der Waals surface area contributed by atoms with Crippen LogP contribution in [0.15, 0.2) is 42.6 Å². The Labute approximate surface area is 143 Å². The van der Waals surface area contributed by atoms with Crippen molar-refractivity contribution < 1.29 is 4.79 Å². The molecule has 126 valence electrons. The monoisotopic (exact) mass is 323 g/mol. The molecule has 0 fully saturated rings. The second-order valence-corrected chi connectivity index (χ2v) is 6.51. The van der Waals surface area contributed by atoms with Crippen LogP contribution in [-0.4, -0.2) is 35.9 Å². The van der Waals surface area contributed by atoms with E-state index in [-0.39, 0.29) is 5.91 Å². The molecule has 0 unspecified atom stereocenters. The Morgan fingerprint density at radius 1 is 1.17 bits per heavy atom. The second kappa shape index (κ2) is 8.06. The minimum Gasteiger partial charge on any atom is -0.326 e. The van der Waals surface area contributed by atoms with Gasteiger partial charge in [0.05, 0.1) is 0 Å². The Hall–Kier alpha value is -2.20. The highest BCUT2D eigenvalue weighted by molar-refractivity contribution is 5.91. The molecule has 1 aliphatic carbocycles. The lowest BCUT2D eigenvalue weighted by molar-refractivity contribution is -0.116. The maximum absolute atomic E-state index is 12.1. The van der Waals surface area contributed by atoms with Gasteiger partial charge < -0.3 is 10.2 Å². The molecule has 0 aliphatic heterocycles. The normalized spacial score (nSPS) is 13.1. The van der Waals surface area contributed by atoms with E-state index in [1.807, 2.05) is 37.5 Å². The Bertz CT molecular complexity index is 685. The van der Waals surface area contributed by atoms with Crippen molar-refractivity contribution in [2.45, 2.75) is 32.1 Å². The molecule has 4 heteroatoms. The highest BCUT2D eigenvalue weighted by atomic mass is 16.1. The fourth-order valence-electron chi connectivity index (χ4n) is 3.13. The van der Waals surface area contributed by atoms with Gasteiger partial charge in [0.1, 0.15) is 0 Å². The number of anilines is 1. The van der Waals surface area contributed by atoms with E-state index in [1.165, 1.54) is 24.0 Å². The number of aryl methyl sites for hydroxylation is 2. The molecule has 3 rings (SSSR count). The van der Waals surface area contributed by atoms with Crippen molar-refractivity contribution >= 4 is 11.6 Å². The van der Waals surface area contributed by atoms with E-state index in [9.17, 15) is 4.79 Å². The van der Waals surface area contributed by atoms with Crippen LogP contribution in [0.2, 0.25) is 0 Å². The van der Waals surface area contributed by atoms with E-state index >= 15 is 0 Å². The molecule has 2 aromatic rings. The molecule has 4 nitrogen and oxygen atoms in total. The molecule has 24 heavy (non-hydrogen) atoms. The summed E-state index contributed by atoms with van der Waals surface area (Å²) < 4.78 is 0. The number of nitrogens with zero attached hydrogens (tertiary/aromatic N) is 2. The standard InChI is InChI=1S/C20H25N3O/c1-23(13-10-18-7-2-3-12-21-18)14-11-20(24)22-19-9-8-16-5-4-6-17(16)15-19/h2-3,7-9,12,15H,4-6,10-11,13-14H2,1H3,(H,22,24). The third-order valence-electron chi connectivity index (χ3n) is 4.58. The van der Waals surface area contributed by atoms with Crippen molar-refractivity contribution in [1.29, 1.82) is 0 Å². The summed E-state index contributed by atoms with van der Waals surface area (Å²) in [6.45, 7) is 1.66. The highest BCUT2D eigenvalue weighted by Gasteiger charge is 2.12. The zero-order chi connectivity index (χ0) is 16.8. The topological polar surface area (TPSA) is 45.2 Å². The lowest BCUT2D eigenvalue weighted by Crippen LogP contribution is -2.26. The first-order valence-corrected chi connectivity index (χ1v) is 8.71. The van der Waals surface area contributed by atoms with Gasteiger partial charge >= 0.3 is 0 Å². The third kappa shape index (κ3) is 4.65. The van der Waals surface area contributed by atoms with Gasteiger partial charge in [-0.25, -0.2) is 0 Å². The van der Waals surface area contributed by atoms with Crippen LogP contribution in [0.5, 0.6) is 0 Å². The van der Waals surface area contributed by atoms with Crippen LogP contribution in [-0.2, 0) is 24.1 Å². The highest BCUT2D eigenvalue weighted by Crippen LogP contribution is 2.24. The van der Waals surface area contributed by atoms with E-state index in [1.54, 1.807) is 0 Å². The van der Waals surface area contributed by atoms with Gasteiger partial charge in [-0.1, -0.05) is 12.1 Å². The second-order valence-electron chi connectivity index (χ2n) is 6.51. The molecular formula is C20H25N3O. The molecule has 0 spiro atoms. The van der Waals surface area contributed by atoms with Crippen molar-refractivity contribution in [3.05, 3.63) is 59.4 Å². The van der Waals surface area contributed by atoms with Crippen molar-refractivity contribution in [1.82, 2.24) is 9.88 Å². The smallest absolute Gasteiger partial charge is 0.225 e. The lowest BCUT2D eigenvalue weighted by atomic mass is 10.1. The molecular weight excluding hydrogens is 298 g/mol. The summed E-state index contributed by atoms with van der Waals surface area (Å²) in [5.74, 6) is 0.0811. The minimum atomic E-state index is 0.0811. The maximum atomic E-state index is 12.1. The van der Waals surface area contributed by atoms with Gasteiger partial charge in [0.15, 0.2) is 0 Å². The minimum absolute atomic E-state index is 0.0811. The van der Waals surface area contributed by atoms with Gasteiger partial charge in [-0.2, -0.15) is 0 Å². The zero-order valence-corrected chi connectivity index (χ0v) is 14.3. The number of pyridine rings is 1. The van der Waals surface area contributed by atoms with Crippen molar-refractivity contribution in [3.8, 4) is 0 Å². The fraction of sp³-hybridized carbons (Fsp3) is 0.400. The largest absolute Gasteiger partial charge is 0.326 e. The number of rotatable bonds is 7. The van der Waals surface area contributed by atoms with E-state index in [4.69, 9.17) is 0 Å². The molecule has 1 amide bonds. The summed E-state index contributed by atoms with van der Waals surface area (Å²) in [4.78, 5) is 18.6. The first kappa shape index (κ1) is 16.7. The van der Waals surface area contributed by atoms with Gasteiger partial charge in [0.2, 0.25) is 5.91 Å². The SMILES string of the molecule is CN(CCC(=O)Nc1ccc2c(c1)CCC2)CCc1ccccn1.